The van der Waals surface area contributed by atoms with Gasteiger partial charge in [-0.2, -0.15) is 0 Å². The topological polar surface area (TPSA) is 58.6 Å². The number of carbonyl (C=O) groups is 1. The first-order valence-corrected chi connectivity index (χ1v) is 5.37. The third kappa shape index (κ3) is 2.25. The molecule has 0 amide bonds. The highest BCUT2D eigenvalue weighted by molar-refractivity contribution is 5.76. The van der Waals surface area contributed by atoms with Crippen LogP contribution < -0.4 is 5.32 Å². The van der Waals surface area contributed by atoms with Gasteiger partial charge in [0.25, 0.3) is 0 Å². The maximum atomic E-state index is 11.6. The number of aliphatic hydroxyl groups excluding tert-OH is 1. The van der Waals surface area contributed by atoms with E-state index in [4.69, 9.17) is 4.74 Å². The van der Waals surface area contributed by atoms with Crippen molar-refractivity contribution in [1.29, 1.82) is 0 Å². The molecule has 0 spiro atoms. The maximum absolute atomic E-state index is 11.6. The summed E-state index contributed by atoms with van der Waals surface area (Å²) in [6.45, 7) is 0.504. The SMILES string of the molecule is O=C(OC1CCCC1)[C@@H]1C[C@H](O)CN1. The molecular weight excluding hydrogens is 182 g/mol. The van der Waals surface area contributed by atoms with Crippen LogP contribution >= 0.6 is 0 Å². The monoisotopic (exact) mass is 199 g/mol. The van der Waals surface area contributed by atoms with Crippen molar-refractivity contribution in [2.45, 2.75) is 50.4 Å². The molecule has 0 radical (unpaired) electrons. The summed E-state index contributed by atoms with van der Waals surface area (Å²) in [5, 5.41) is 12.2. The normalized spacial score (nSPS) is 33.5. The minimum Gasteiger partial charge on any atom is -0.461 e. The molecule has 80 valence electrons. The standard InChI is InChI=1S/C10H17NO3/c12-7-5-9(11-6-7)10(13)14-8-3-1-2-4-8/h7-9,11-12H,1-6H2/t7-,9-/m0/s1. The first kappa shape index (κ1) is 9.93. The summed E-state index contributed by atoms with van der Waals surface area (Å²) < 4.78 is 5.33. The van der Waals surface area contributed by atoms with Gasteiger partial charge in [0.15, 0.2) is 0 Å². The Kier molecular flexibility index (Phi) is 3.03. The molecule has 2 aliphatic rings. The van der Waals surface area contributed by atoms with Gasteiger partial charge in [0.2, 0.25) is 0 Å². The number of aliphatic hydroxyl groups is 1. The fourth-order valence-electron chi connectivity index (χ4n) is 2.15. The van der Waals surface area contributed by atoms with Crippen molar-refractivity contribution in [2.75, 3.05) is 6.54 Å². The van der Waals surface area contributed by atoms with Crippen LogP contribution in [0.1, 0.15) is 32.1 Å². The molecule has 2 rings (SSSR count). The molecule has 2 fully saturated rings. The largest absolute Gasteiger partial charge is 0.461 e. The Labute approximate surface area is 83.6 Å². The van der Waals surface area contributed by atoms with Crippen LogP contribution in [-0.4, -0.2) is 35.9 Å². The zero-order chi connectivity index (χ0) is 9.97. The highest BCUT2D eigenvalue weighted by Gasteiger charge is 2.31. The van der Waals surface area contributed by atoms with Crippen LogP contribution in [0, 0.1) is 0 Å². The Bertz CT molecular complexity index is 213. The second kappa shape index (κ2) is 4.28. The molecule has 0 aromatic carbocycles. The lowest BCUT2D eigenvalue weighted by molar-refractivity contribution is -0.151. The quantitative estimate of drug-likeness (QED) is 0.623. The van der Waals surface area contributed by atoms with Crippen LogP contribution in [0.3, 0.4) is 0 Å². The molecule has 2 atom stereocenters. The minimum atomic E-state index is -0.392. The van der Waals surface area contributed by atoms with Crippen LogP contribution in [0.2, 0.25) is 0 Å². The van der Waals surface area contributed by atoms with E-state index in [2.05, 4.69) is 5.32 Å². The third-order valence-electron chi connectivity index (χ3n) is 2.98. The van der Waals surface area contributed by atoms with Gasteiger partial charge in [-0.1, -0.05) is 0 Å². The van der Waals surface area contributed by atoms with E-state index in [1.54, 1.807) is 0 Å². The minimum absolute atomic E-state index is 0.127. The second-order valence-electron chi connectivity index (χ2n) is 4.19. The van der Waals surface area contributed by atoms with E-state index >= 15 is 0 Å². The molecule has 2 N–H and O–H groups in total. The first-order valence-electron chi connectivity index (χ1n) is 5.37. The highest BCUT2D eigenvalue weighted by Crippen LogP contribution is 2.22. The molecule has 1 saturated carbocycles. The zero-order valence-corrected chi connectivity index (χ0v) is 8.24. The van der Waals surface area contributed by atoms with E-state index in [9.17, 15) is 9.90 Å². The fourth-order valence-corrected chi connectivity index (χ4v) is 2.15. The van der Waals surface area contributed by atoms with E-state index in [-0.39, 0.29) is 18.1 Å². The number of β-amino-alcohol motifs (C(OH)–C–C–N with tert-alkyl or cyclic N) is 1. The molecule has 1 aliphatic carbocycles. The average Bonchev–Trinajstić information content (AvgIpc) is 2.75. The number of carbonyl (C=O) groups excluding carboxylic acids is 1. The molecule has 0 unspecified atom stereocenters. The van der Waals surface area contributed by atoms with Crippen molar-refractivity contribution in [3.8, 4) is 0 Å². The van der Waals surface area contributed by atoms with Crippen LogP contribution in [0.4, 0.5) is 0 Å². The highest BCUT2D eigenvalue weighted by atomic mass is 16.5. The van der Waals surface area contributed by atoms with Crippen molar-refractivity contribution in [1.82, 2.24) is 5.32 Å². The van der Waals surface area contributed by atoms with E-state index in [1.807, 2.05) is 0 Å². The lowest BCUT2D eigenvalue weighted by Gasteiger charge is -2.14. The number of rotatable bonds is 2. The summed E-state index contributed by atoms with van der Waals surface area (Å²) in [7, 11) is 0. The van der Waals surface area contributed by atoms with Crippen LogP contribution in [-0.2, 0) is 9.53 Å². The van der Waals surface area contributed by atoms with E-state index < -0.39 is 6.10 Å². The summed E-state index contributed by atoms with van der Waals surface area (Å²) in [6.07, 6.45) is 4.56. The van der Waals surface area contributed by atoms with Crippen LogP contribution in [0.25, 0.3) is 0 Å². The Balaban J connectivity index is 1.77. The first-order chi connectivity index (χ1) is 6.75. The van der Waals surface area contributed by atoms with Crippen molar-refractivity contribution < 1.29 is 14.6 Å². The summed E-state index contributed by atoms with van der Waals surface area (Å²) in [6, 6.07) is -0.286. The van der Waals surface area contributed by atoms with Crippen LogP contribution in [0.15, 0.2) is 0 Å². The third-order valence-corrected chi connectivity index (χ3v) is 2.98. The summed E-state index contributed by atoms with van der Waals surface area (Å²) in [4.78, 5) is 11.6. The van der Waals surface area contributed by atoms with Gasteiger partial charge in [-0.25, -0.2) is 0 Å². The predicted octanol–water partition coefficient (Wildman–Crippen LogP) is 0.195. The summed E-state index contributed by atoms with van der Waals surface area (Å²) >= 11 is 0. The van der Waals surface area contributed by atoms with Crippen molar-refractivity contribution in [3.05, 3.63) is 0 Å². The van der Waals surface area contributed by atoms with Gasteiger partial charge in [-0.05, 0) is 25.7 Å². The summed E-state index contributed by atoms with van der Waals surface area (Å²) in [5.74, 6) is -0.187. The second-order valence-corrected chi connectivity index (χ2v) is 4.19. The number of hydrogen-bond donors (Lipinski definition) is 2. The Morgan fingerprint density at radius 3 is 2.64 bits per heavy atom. The molecule has 1 saturated heterocycles. The van der Waals surface area contributed by atoms with E-state index in [1.165, 1.54) is 12.8 Å². The molecule has 0 aromatic rings. The van der Waals surface area contributed by atoms with E-state index in [0.717, 1.165) is 12.8 Å². The van der Waals surface area contributed by atoms with Gasteiger partial charge in [0.05, 0.1) is 6.10 Å². The number of esters is 1. The molecular formula is C10H17NO3. The number of nitrogens with one attached hydrogen (secondary N) is 1. The lowest BCUT2D eigenvalue weighted by Crippen LogP contribution is -2.34. The molecule has 4 heteroatoms. The van der Waals surface area contributed by atoms with Crippen molar-refractivity contribution in [2.24, 2.45) is 0 Å². The molecule has 1 aliphatic heterocycles. The molecule has 1 heterocycles. The van der Waals surface area contributed by atoms with Gasteiger partial charge in [0, 0.05) is 13.0 Å². The Hall–Kier alpha value is -0.610. The van der Waals surface area contributed by atoms with Gasteiger partial charge in [0.1, 0.15) is 12.1 Å². The predicted molar refractivity (Wildman–Crippen MR) is 50.8 cm³/mol. The van der Waals surface area contributed by atoms with Crippen molar-refractivity contribution >= 4 is 5.97 Å². The van der Waals surface area contributed by atoms with E-state index in [0.29, 0.717) is 13.0 Å². The zero-order valence-electron chi connectivity index (χ0n) is 8.24. The van der Waals surface area contributed by atoms with Crippen molar-refractivity contribution in [3.63, 3.8) is 0 Å². The molecule has 4 nitrogen and oxygen atoms in total. The lowest BCUT2D eigenvalue weighted by atomic mass is 10.2. The molecule has 0 bridgehead atoms. The number of hydrogen-bond acceptors (Lipinski definition) is 4. The van der Waals surface area contributed by atoms with Gasteiger partial charge in [-0.3, -0.25) is 4.79 Å². The molecule has 0 aromatic heterocycles. The summed E-state index contributed by atoms with van der Waals surface area (Å²) in [5.41, 5.74) is 0. The number of ether oxygens (including phenoxy) is 1. The van der Waals surface area contributed by atoms with Gasteiger partial charge in [-0.15, -0.1) is 0 Å². The Morgan fingerprint density at radius 2 is 2.07 bits per heavy atom. The van der Waals surface area contributed by atoms with Gasteiger partial charge < -0.3 is 15.2 Å². The fraction of sp³-hybridized carbons (Fsp3) is 0.900. The van der Waals surface area contributed by atoms with Crippen LogP contribution in [0.5, 0.6) is 0 Å². The maximum Gasteiger partial charge on any atom is 0.323 e. The molecule has 14 heavy (non-hydrogen) atoms. The average molecular weight is 199 g/mol. The smallest absolute Gasteiger partial charge is 0.323 e. The van der Waals surface area contributed by atoms with Gasteiger partial charge >= 0.3 is 5.97 Å². The Morgan fingerprint density at radius 1 is 1.36 bits per heavy atom.